The number of piperidine rings is 1. The highest BCUT2D eigenvalue weighted by Crippen LogP contribution is 2.25. The van der Waals surface area contributed by atoms with Crippen LogP contribution in [0.25, 0.3) is 0 Å². The molecule has 1 aliphatic heterocycles. The number of nitrogens with one attached hydrogen (secondary N) is 1. The summed E-state index contributed by atoms with van der Waals surface area (Å²) in [5, 5.41) is 3.27. The molecular formula is C20H30N2OS. The molecule has 1 saturated heterocycles. The Morgan fingerprint density at radius 1 is 1.04 bits per heavy atom. The van der Waals surface area contributed by atoms with E-state index in [9.17, 15) is 4.79 Å². The smallest absolute Gasteiger partial charge is 0.230 e. The van der Waals surface area contributed by atoms with E-state index in [4.69, 9.17) is 0 Å². The number of benzene rings is 1. The zero-order chi connectivity index (χ0) is 16.6. The Morgan fingerprint density at radius 3 is 2.54 bits per heavy atom. The lowest BCUT2D eigenvalue weighted by molar-refractivity contribution is -0.119. The zero-order valence-electron chi connectivity index (χ0n) is 14.6. The van der Waals surface area contributed by atoms with Gasteiger partial charge in [0.25, 0.3) is 0 Å². The van der Waals surface area contributed by atoms with E-state index in [0.717, 1.165) is 23.9 Å². The van der Waals surface area contributed by atoms with Gasteiger partial charge >= 0.3 is 0 Å². The van der Waals surface area contributed by atoms with Crippen LogP contribution in [0.5, 0.6) is 0 Å². The molecule has 0 spiro atoms. The molecule has 2 aliphatic rings. The van der Waals surface area contributed by atoms with Gasteiger partial charge in [0.15, 0.2) is 0 Å². The van der Waals surface area contributed by atoms with Crippen LogP contribution in [0.15, 0.2) is 35.2 Å². The molecule has 2 fully saturated rings. The molecule has 3 nitrogen and oxygen atoms in total. The van der Waals surface area contributed by atoms with Crippen molar-refractivity contribution in [2.45, 2.75) is 68.3 Å². The summed E-state index contributed by atoms with van der Waals surface area (Å²) >= 11 is 1.62. The van der Waals surface area contributed by atoms with E-state index in [0.29, 0.717) is 11.8 Å². The summed E-state index contributed by atoms with van der Waals surface area (Å²) in [5.74, 6) is 0.695. The van der Waals surface area contributed by atoms with Gasteiger partial charge in [-0.25, -0.2) is 0 Å². The van der Waals surface area contributed by atoms with Gasteiger partial charge in [-0.05, 0) is 44.4 Å². The van der Waals surface area contributed by atoms with Gasteiger partial charge in [-0.3, -0.25) is 9.69 Å². The van der Waals surface area contributed by atoms with Crippen LogP contribution in [0, 0.1) is 0 Å². The second kappa shape index (κ2) is 9.47. The largest absolute Gasteiger partial charge is 0.351 e. The van der Waals surface area contributed by atoms with E-state index in [-0.39, 0.29) is 5.91 Å². The molecule has 0 radical (unpaired) electrons. The topological polar surface area (TPSA) is 32.3 Å². The molecule has 0 bridgehead atoms. The summed E-state index contributed by atoms with van der Waals surface area (Å²) in [4.78, 5) is 16.1. The van der Waals surface area contributed by atoms with Gasteiger partial charge in [0.05, 0.1) is 5.75 Å². The van der Waals surface area contributed by atoms with Crippen LogP contribution < -0.4 is 5.32 Å². The van der Waals surface area contributed by atoms with Crippen molar-refractivity contribution in [1.82, 2.24) is 10.2 Å². The fourth-order valence-corrected chi connectivity index (χ4v) is 4.74. The van der Waals surface area contributed by atoms with Crippen LogP contribution in [-0.4, -0.2) is 41.7 Å². The SMILES string of the molecule is O=C(CSc1ccccc1)NC1CCCN(C2CCCCCC2)C1. The molecule has 1 unspecified atom stereocenters. The molecule has 1 saturated carbocycles. The second-order valence-electron chi connectivity index (χ2n) is 7.15. The maximum atomic E-state index is 12.3. The maximum Gasteiger partial charge on any atom is 0.230 e. The van der Waals surface area contributed by atoms with Crippen LogP contribution in [-0.2, 0) is 4.79 Å². The monoisotopic (exact) mass is 346 g/mol. The first kappa shape index (κ1) is 17.8. The molecule has 1 heterocycles. The van der Waals surface area contributed by atoms with E-state index < -0.39 is 0 Å². The molecule has 1 N–H and O–H groups in total. The van der Waals surface area contributed by atoms with Crippen LogP contribution in [0.4, 0.5) is 0 Å². The normalized spacial score (nSPS) is 23.6. The number of carbonyl (C=O) groups excluding carboxylic acids is 1. The number of rotatable bonds is 5. The Balaban J connectivity index is 1.43. The average Bonchev–Trinajstić information content (AvgIpc) is 2.91. The van der Waals surface area contributed by atoms with Crippen molar-refractivity contribution in [1.29, 1.82) is 0 Å². The summed E-state index contributed by atoms with van der Waals surface area (Å²) in [6, 6.07) is 11.3. The molecule has 1 atom stereocenters. The fourth-order valence-electron chi connectivity index (χ4n) is 4.01. The summed E-state index contributed by atoms with van der Waals surface area (Å²) in [7, 11) is 0. The van der Waals surface area contributed by atoms with Gasteiger partial charge in [0.1, 0.15) is 0 Å². The van der Waals surface area contributed by atoms with E-state index in [1.54, 1.807) is 11.8 Å². The minimum Gasteiger partial charge on any atom is -0.351 e. The molecule has 1 amide bonds. The first-order valence-corrected chi connectivity index (χ1v) is 10.5. The molecule has 0 aromatic heterocycles. The number of carbonyl (C=O) groups is 1. The van der Waals surface area contributed by atoms with Crippen molar-refractivity contribution in [3.63, 3.8) is 0 Å². The van der Waals surface area contributed by atoms with Crippen LogP contribution in [0.1, 0.15) is 51.4 Å². The van der Waals surface area contributed by atoms with Gasteiger partial charge in [0, 0.05) is 23.5 Å². The quantitative estimate of drug-likeness (QED) is 0.644. The lowest BCUT2D eigenvalue weighted by Crippen LogP contribution is -2.51. The summed E-state index contributed by atoms with van der Waals surface area (Å²) in [6.45, 7) is 2.27. The number of likely N-dealkylation sites (tertiary alicyclic amines) is 1. The van der Waals surface area contributed by atoms with Gasteiger partial charge in [-0.2, -0.15) is 0 Å². The third-order valence-electron chi connectivity index (χ3n) is 5.27. The highest BCUT2D eigenvalue weighted by atomic mass is 32.2. The highest BCUT2D eigenvalue weighted by Gasteiger charge is 2.27. The number of hydrogen-bond donors (Lipinski definition) is 1. The minimum atomic E-state index is 0.177. The second-order valence-corrected chi connectivity index (χ2v) is 8.20. The lowest BCUT2D eigenvalue weighted by Gasteiger charge is -2.38. The third-order valence-corrected chi connectivity index (χ3v) is 6.28. The average molecular weight is 347 g/mol. The first-order chi connectivity index (χ1) is 11.8. The van der Waals surface area contributed by atoms with E-state index in [2.05, 4.69) is 22.3 Å². The predicted molar refractivity (Wildman–Crippen MR) is 101 cm³/mol. The number of hydrogen-bond acceptors (Lipinski definition) is 3. The Kier molecular flexibility index (Phi) is 7.03. The Hall–Kier alpha value is -1.00. The maximum absolute atomic E-state index is 12.3. The molecule has 3 rings (SSSR count). The predicted octanol–water partition coefficient (Wildman–Crippen LogP) is 4.08. The minimum absolute atomic E-state index is 0.177. The van der Waals surface area contributed by atoms with Gasteiger partial charge in [-0.15, -0.1) is 11.8 Å². The lowest BCUT2D eigenvalue weighted by atomic mass is 10.00. The standard InChI is InChI=1S/C20H30N2OS/c23-20(16-24-19-12-6-3-7-13-19)21-17-9-8-14-22(15-17)18-10-4-1-2-5-11-18/h3,6-7,12-13,17-18H,1-2,4-5,8-11,14-16H2,(H,21,23). The van der Waals surface area contributed by atoms with Crippen LogP contribution in [0.3, 0.4) is 0 Å². The van der Waals surface area contributed by atoms with Crippen molar-refractivity contribution in [2.75, 3.05) is 18.8 Å². The molecule has 24 heavy (non-hydrogen) atoms. The number of amides is 1. The summed E-state index contributed by atoms with van der Waals surface area (Å²) in [6.07, 6.45) is 10.6. The van der Waals surface area contributed by atoms with Crippen molar-refractivity contribution < 1.29 is 4.79 Å². The van der Waals surface area contributed by atoms with E-state index in [1.807, 2.05) is 18.2 Å². The number of nitrogens with zero attached hydrogens (tertiary/aromatic N) is 1. The highest BCUT2D eigenvalue weighted by molar-refractivity contribution is 8.00. The summed E-state index contributed by atoms with van der Waals surface area (Å²) < 4.78 is 0. The molecule has 4 heteroatoms. The van der Waals surface area contributed by atoms with Crippen LogP contribution >= 0.6 is 11.8 Å². The first-order valence-electron chi connectivity index (χ1n) is 9.52. The van der Waals surface area contributed by atoms with E-state index in [1.165, 1.54) is 51.5 Å². The van der Waals surface area contributed by atoms with Crippen LogP contribution in [0.2, 0.25) is 0 Å². The van der Waals surface area contributed by atoms with Gasteiger partial charge in [0.2, 0.25) is 5.91 Å². The molecule has 132 valence electrons. The van der Waals surface area contributed by atoms with Crippen molar-refractivity contribution in [3.8, 4) is 0 Å². The van der Waals surface area contributed by atoms with Crippen molar-refractivity contribution >= 4 is 17.7 Å². The Labute approximate surface area is 150 Å². The van der Waals surface area contributed by atoms with E-state index >= 15 is 0 Å². The zero-order valence-corrected chi connectivity index (χ0v) is 15.4. The van der Waals surface area contributed by atoms with Crippen molar-refractivity contribution in [2.24, 2.45) is 0 Å². The Bertz CT molecular complexity index is 500. The number of thioether (sulfide) groups is 1. The van der Waals surface area contributed by atoms with Crippen molar-refractivity contribution in [3.05, 3.63) is 30.3 Å². The van der Waals surface area contributed by atoms with Gasteiger partial charge in [-0.1, -0.05) is 43.9 Å². The molecule has 1 aliphatic carbocycles. The molecule has 1 aromatic rings. The van der Waals surface area contributed by atoms with Gasteiger partial charge < -0.3 is 5.32 Å². The Morgan fingerprint density at radius 2 is 1.79 bits per heavy atom. The summed E-state index contributed by atoms with van der Waals surface area (Å²) in [5.41, 5.74) is 0. The fraction of sp³-hybridized carbons (Fsp3) is 0.650. The third kappa shape index (κ3) is 5.52. The molecule has 1 aromatic carbocycles. The molecular weight excluding hydrogens is 316 g/mol.